The van der Waals surface area contributed by atoms with Crippen LogP contribution in [0.25, 0.3) is 10.9 Å². The molecule has 0 aliphatic rings. The molecule has 0 aliphatic carbocycles. The molecule has 0 radical (unpaired) electrons. The summed E-state index contributed by atoms with van der Waals surface area (Å²) in [5, 5.41) is 10.5. The lowest BCUT2D eigenvalue weighted by atomic mass is 10.1. The fourth-order valence-electron chi connectivity index (χ4n) is 2.38. The summed E-state index contributed by atoms with van der Waals surface area (Å²) in [6.45, 7) is 0. The number of H-pyrrole nitrogens is 1. The average molecular weight is 254 g/mol. The molecule has 0 saturated carbocycles. The number of fused-ring (bicyclic) bond motifs is 1. The summed E-state index contributed by atoms with van der Waals surface area (Å²) >= 11 is 0. The van der Waals surface area contributed by atoms with E-state index in [2.05, 4.69) is 4.98 Å². The first-order chi connectivity index (χ1) is 9.25. The van der Waals surface area contributed by atoms with Crippen LogP contribution >= 0.6 is 0 Å². The van der Waals surface area contributed by atoms with E-state index in [1.807, 2.05) is 59.4 Å². The quantitative estimate of drug-likeness (QED) is 0.752. The van der Waals surface area contributed by atoms with Crippen LogP contribution in [0, 0.1) is 0 Å². The van der Waals surface area contributed by atoms with Crippen LogP contribution in [0.2, 0.25) is 0 Å². The second-order valence-electron chi connectivity index (χ2n) is 4.54. The summed E-state index contributed by atoms with van der Waals surface area (Å²) in [5.41, 5.74) is 1.87. The van der Waals surface area contributed by atoms with Gasteiger partial charge in [0, 0.05) is 30.0 Å². The summed E-state index contributed by atoms with van der Waals surface area (Å²) in [6, 6.07) is 12.9. The number of carboxylic acids is 1. The summed E-state index contributed by atoms with van der Waals surface area (Å²) in [6.07, 6.45) is 4.09. The van der Waals surface area contributed by atoms with Gasteiger partial charge >= 0.3 is 5.97 Å². The Kier molecular flexibility index (Phi) is 2.83. The van der Waals surface area contributed by atoms with E-state index in [0.717, 1.165) is 16.6 Å². The maximum atomic E-state index is 11.5. The van der Waals surface area contributed by atoms with E-state index >= 15 is 0 Å². The second kappa shape index (κ2) is 4.65. The van der Waals surface area contributed by atoms with Gasteiger partial charge in [0.05, 0.1) is 0 Å². The minimum absolute atomic E-state index is 0.445. The fourth-order valence-corrected chi connectivity index (χ4v) is 2.38. The average Bonchev–Trinajstić information content (AvgIpc) is 3.05. The van der Waals surface area contributed by atoms with Gasteiger partial charge in [-0.2, -0.15) is 0 Å². The normalized spacial score (nSPS) is 12.6. The molecule has 0 spiro atoms. The third-order valence-corrected chi connectivity index (χ3v) is 3.33. The number of carboxylic acid groups (broad SMARTS) is 1. The molecule has 3 rings (SSSR count). The molecule has 0 saturated heterocycles. The van der Waals surface area contributed by atoms with Gasteiger partial charge < -0.3 is 14.7 Å². The topological polar surface area (TPSA) is 58.0 Å². The van der Waals surface area contributed by atoms with Crippen LogP contribution < -0.4 is 0 Å². The van der Waals surface area contributed by atoms with Gasteiger partial charge in [-0.3, -0.25) is 0 Å². The van der Waals surface area contributed by atoms with Crippen molar-refractivity contribution >= 4 is 16.9 Å². The molecule has 19 heavy (non-hydrogen) atoms. The Balaban J connectivity index is 2.02. The predicted octanol–water partition coefficient (Wildman–Crippen LogP) is 2.84. The second-order valence-corrected chi connectivity index (χ2v) is 4.54. The molecule has 2 N–H and O–H groups in total. The third kappa shape index (κ3) is 2.12. The van der Waals surface area contributed by atoms with E-state index in [4.69, 9.17) is 0 Å². The van der Waals surface area contributed by atoms with Gasteiger partial charge in [-0.1, -0.05) is 18.2 Å². The minimum Gasteiger partial charge on any atom is -0.480 e. The number of aliphatic carboxylic acids is 1. The van der Waals surface area contributed by atoms with Crippen LogP contribution in [0.4, 0.5) is 0 Å². The van der Waals surface area contributed by atoms with Crippen molar-refractivity contribution < 1.29 is 9.90 Å². The molecule has 4 heteroatoms. The number of rotatable bonds is 4. The number of para-hydroxylation sites is 1. The van der Waals surface area contributed by atoms with Crippen LogP contribution in [0.5, 0.6) is 0 Å². The number of hydrogen-bond donors (Lipinski definition) is 2. The largest absolute Gasteiger partial charge is 0.480 e. The SMILES string of the molecule is O=C(O)C(Cc1ccc[nH]1)n1ccc2ccccc21. The number of nitrogens with one attached hydrogen (secondary N) is 1. The Morgan fingerprint density at radius 3 is 2.79 bits per heavy atom. The van der Waals surface area contributed by atoms with Gasteiger partial charge in [-0.15, -0.1) is 0 Å². The van der Waals surface area contributed by atoms with Gasteiger partial charge in [-0.25, -0.2) is 4.79 Å². The smallest absolute Gasteiger partial charge is 0.327 e. The highest BCUT2D eigenvalue weighted by Crippen LogP contribution is 2.22. The first-order valence-electron chi connectivity index (χ1n) is 6.16. The fraction of sp³-hybridized carbons (Fsp3) is 0.133. The Labute approximate surface area is 110 Å². The molecule has 0 aliphatic heterocycles. The number of aromatic nitrogens is 2. The van der Waals surface area contributed by atoms with Crippen LogP contribution in [0.3, 0.4) is 0 Å². The third-order valence-electron chi connectivity index (χ3n) is 3.33. The summed E-state index contributed by atoms with van der Waals surface area (Å²) in [5.74, 6) is -0.823. The van der Waals surface area contributed by atoms with Crippen molar-refractivity contribution in [3.8, 4) is 0 Å². The van der Waals surface area contributed by atoms with E-state index in [1.54, 1.807) is 0 Å². The summed E-state index contributed by atoms with van der Waals surface area (Å²) in [4.78, 5) is 14.6. The van der Waals surface area contributed by atoms with Gasteiger partial charge in [0.1, 0.15) is 6.04 Å². The van der Waals surface area contributed by atoms with Gasteiger partial charge in [0.2, 0.25) is 0 Å². The lowest BCUT2D eigenvalue weighted by Crippen LogP contribution is -2.20. The van der Waals surface area contributed by atoms with E-state index in [0.29, 0.717) is 6.42 Å². The molecule has 0 amide bonds. The number of aromatic amines is 1. The molecule has 2 aromatic heterocycles. The van der Waals surface area contributed by atoms with Crippen LogP contribution in [0.1, 0.15) is 11.7 Å². The lowest BCUT2D eigenvalue weighted by molar-refractivity contribution is -0.140. The van der Waals surface area contributed by atoms with Crippen molar-refractivity contribution in [2.45, 2.75) is 12.5 Å². The summed E-state index contributed by atoms with van der Waals surface area (Å²) in [7, 11) is 0. The monoisotopic (exact) mass is 254 g/mol. The van der Waals surface area contributed by atoms with Crippen molar-refractivity contribution in [1.29, 1.82) is 0 Å². The maximum absolute atomic E-state index is 11.5. The van der Waals surface area contributed by atoms with E-state index in [-0.39, 0.29) is 0 Å². The number of nitrogens with zero attached hydrogens (tertiary/aromatic N) is 1. The molecule has 4 nitrogen and oxygen atoms in total. The van der Waals surface area contributed by atoms with E-state index < -0.39 is 12.0 Å². The van der Waals surface area contributed by atoms with Crippen molar-refractivity contribution in [1.82, 2.24) is 9.55 Å². The first kappa shape index (κ1) is 11.6. The maximum Gasteiger partial charge on any atom is 0.327 e. The molecular weight excluding hydrogens is 240 g/mol. The number of benzene rings is 1. The standard InChI is InChI=1S/C15H14N2O2/c18-15(19)14(10-12-5-3-8-16-12)17-9-7-11-4-1-2-6-13(11)17/h1-9,14,16H,10H2,(H,18,19). The first-order valence-corrected chi connectivity index (χ1v) is 6.16. The Hall–Kier alpha value is -2.49. The van der Waals surface area contributed by atoms with Crippen LogP contribution in [-0.4, -0.2) is 20.6 Å². The summed E-state index contributed by atoms with van der Waals surface area (Å²) < 4.78 is 1.82. The van der Waals surface area contributed by atoms with Gasteiger partial charge in [0.15, 0.2) is 0 Å². The lowest BCUT2D eigenvalue weighted by Gasteiger charge is -2.15. The Morgan fingerprint density at radius 1 is 1.21 bits per heavy atom. The Morgan fingerprint density at radius 2 is 2.05 bits per heavy atom. The molecular formula is C15H14N2O2. The highest BCUT2D eigenvalue weighted by molar-refractivity contribution is 5.83. The van der Waals surface area contributed by atoms with Crippen molar-refractivity contribution in [3.63, 3.8) is 0 Å². The molecule has 1 unspecified atom stereocenters. The molecule has 2 heterocycles. The van der Waals surface area contributed by atoms with Gasteiger partial charge in [0.25, 0.3) is 0 Å². The van der Waals surface area contributed by atoms with Gasteiger partial charge in [-0.05, 0) is 29.7 Å². The highest BCUT2D eigenvalue weighted by atomic mass is 16.4. The Bertz CT molecular complexity index is 698. The van der Waals surface area contributed by atoms with Crippen LogP contribution in [-0.2, 0) is 11.2 Å². The molecule has 96 valence electrons. The predicted molar refractivity (Wildman–Crippen MR) is 73.1 cm³/mol. The van der Waals surface area contributed by atoms with E-state index in [9.17, 15) is 9.90 Å². The van der Waals surface area contributed by atoms with Crippen molar-refractivity contribution in [2.75, 3.05) is 0 Å². The highest BCUT2D eigenvalue weighted by Gasteiger charge is 2.21. The molecule has 0 fully saturated rings. The van der Waals surface area contributed by atoms with E-state index in [1.165, 1.54) is 0 Å². The van der Waals surface area contributed by atoms with Crippen molar-refractivity contribution in [2.24, 2.45) is 0 Å². The molecule has 1 aromatic carbocycles. The number of hydrogen-bond acceptors (Lipinski definition) is 1. The zero-order chi connectivity index (χ0) is 13.2. The molecule has 3 aromatic rings. The zero-order valence-corrected chi connectivity index (χ0v) is 10.3. The number of carbonyl (C=O) groups is 1. The molecule has 1 atom stereocenters. The molecule has 0 bridgehead atoms. The van der Waals surface area contributed by atoms with Crippen molar-refractivity contribution in [3.05, 3.63) is 60.6 Å². The minimum atomic E-state index is -0.823. The zero-order valence-electron chi connectivity index (χ0n) is 10.3. The van der Waals surface area contributed by atoms with Crippen LogP contribution in [0.15, 0.2) is 54.9 Å².